The minimum Gasteiger partial charge on any atom is -0.465 e. The summed E-state index contributed by atoms with van der Waals surface area (Å²) in [6.07, 6.45) is 3.13. The van der Waals surface area contributed by atoms with Crippen LogP contribution in [0.2, 0.25) is 0 Å². The van der Waals surface area contributed by atoms with Gasteiger partial charge in [-0.2, -0.15) is 0 Å². The maximum Gasteiger partial charge on any atom is 0.338 e. The van der Waals surface area contributed by atoms with Crippen LogP contribution in [0.5, 0.6) is 0 Å². The molecule has 1 N–H and O–H groups in total. The molecule has 1 aromatic carbocycles. The number of ether oxygens (including phenoxy) is 1. The van der Waals surface area contributed by atoms with Gasteiger partial charge in [-0.25, -0.2) is 4.79 Å². The third-order valence-corrected chi connectivity index (χ3v) is 6.91. The van der Waals surface area contributed by atoms with E-state index in [2.05, 4.69) is 30.8 Å². The molecule has 2 bridgehead atoms. The molecule has 7 heteroatoms. The lowest BCUT2D eigenvalue weighted by Gasteiger charge is -2.39. The Morgan fingerprint density at radius 3 is 2.38 bits per heavy atom. The quantitative estimate of drug-likeness (QED) is 0.504. The number of fused-ring (bicyclic) bond motifs is 2. The Labute approximate surface area is 152 Å². The zero-order valence-corrected chi connectivity index (χ0v) is 15.5. The second-order valence-corrected chi connectivity index (χ2v) is 8.15. The van der Waals surface area contributed by atoms with Crippen LogP contribution in [0.15, 0.2) is 18.2 Å². The molecule has 1 amide bonds. The minimum absolute atomic E-state index is 0.000774. The third kappa shape index (κ3) is 2.66. The van der Waals surface area contributed by atoms with Gasteiger partial charge in [0, 0.05) is 23.7 Å². The molecule has 0 unspecified atom stereocenters. The van der Waals surface area contributed by atoms with Gasteiger partial charge in [0.1, 0.15) is 0 Å². The monoisotopic (exact) mass is 360 g/mol. The number of hydrogen-bond donors (Lipinski definition) is 1. The average molecular weight is 360 g/mol. The number of amides is 1. The highest BCUT2D eigenvalue weighted by Gasteiger charge is 2.61. The summed E-state index contributed by atoms with van der Waals surface area (Å²) in [6, 6.07) is 3.67. The molecule has 3 rings (SSSR count). The van der Waals surface area contributed by atoms with Crippen molar-refractivity contribution in [3.8, 4) is 0 Å². The molecule has 0 spiro atoms. The van der Waals surface area contributed by atoms with E-state index >= 15 is 0 Å². The van der Waals surface area contributed by atoms with Gasteiger partial charge in [-0.1, -0.05) is 20.8 Å². The van der Waals surface area contributed by atoms with Gasteiger partial charge in [-0.05, 0) is 42.1 Å². The zero-order valence-electron chi connectivity index (χ0n) is 15.5. The van der Waals surface area contributed by atoms with E-state index in [1.807, 2.05) is 0 Å². The summed E-state index contributed by atoms with van der Waals surface area (Å²) in [6.45, 7) is 6.71. The maximum absolute atomic E-state index is 12.8. The van der Waals surface area contributed by atoms with E-state index < -0.39 is 16.8 Å². The SMILES string of the molecule is COC(=O)c1cc(C(=O)N[C@@H]2C[C@H]3CC[C@]2(C)C3(C)C)cc([N+](=O)[O-])c1. The van der Waals surface area contributed by atoms with Crippen molar-refractivity contribution in [3.05, 3.63) is 39.4 Å². The van der Waals surface area contributed by atoms with E-state index in [0.29, 0.717) is 5.92 Å². The number of carbonyl (C=O) groups excluding carboxylic acids is 2. The molecule has 140 valence electrons. The molecule has 0 heterocycles. The highest BCUT2D eigenvalue weighted by atomic mass is 16.6. The van der Waals surface area contributed by atoms with E-state index in [0.717, 1.165) is 18.9 Å². The van der Waals surface area contributed by atoms with E-state index in [1.54, 1.807) is 0 Å². The second-order valence-electron chi connectivity index (χ2n) is 8.15. The Kier molecular flexibility index (Phi) is 4.29. The lowest BCUT2D eigenvalue weighted by molar-refractivity contribution is -0.384. The van der Waals surface area contributed by atoms with Crippen LogP contribution >= 0.6 is 0 Å². The molecular formula is C19H24N2O5. The summed E-state index contributed by atoms with van der Waals surface area (Å²) >= 11 is 0. The Morgan fingerprint density at radius 2 is 1.88 bits per heavy atom. The molecule has 2 aliphatic rings. The molecule has 2 saturated carbocycles. The first kappa shape index (κ1) is 18.4. The van der Waals surface area contributed by atoms with Gasteiger partial charge in [0.15, 0.2) is 0 Å². The van der Waals surface area contributed by atoms with Gasteiger partial charge in [0.05, 0.1) is 17.6 Å². The van der Waals surface area contributed by atoms with E-state index in [1.165, 1.54) is 25.7 Å². The maximum atomic E-state index is 12.8. The van der Waals surface area contributed by atoms with Gasteiger partial charge < -0.3 is 10.1 Å². The van der Waals surface area contributed by atoms with Crippen LogP contribution in [-0.2, 0) is 4.74 Å². The molecule has 26 heavy (non-hydrogen) atoms. The van der Waals surface area contributed by atoms with Gasteiger partial charge >= 0.3 is 5.97 Å². The highest BCUT2D eigenvalue weighted by Crippen LogP contribution is 2.65. The topological polar surface area (TPSA) is 98.5 Å². The van der Waals surface area contributed by atoms with Crippen molar-refractivity contribution in [1.82, 2.24) is 5.32 Å². The number of nitrogens with one attached hydrogen (secondary N) is 1. The zero-order chi connectivity index (χ0) is 19.3. The first-order valence-corrected chi connectivity index (χ1v) is 8.79. The van der Waals surface area contributed by atoms with Crippen LogP contribution in [0.4, 0.5) is 5.69 Å². The standard InChI is InChI=1S/C19H24N2O5/c1-18(2)13-5-6-19(18,3)15(10-13)20-16(22)11-7-12(17(23)26-4)9-14(8-11)21(24)25/h7-9,13,15H,5-6,10H2,1-4H3,(H,20,22)/t13-,15-,19+/m1/s1. The summed E-state index contributed by atoms with van der Waals surface area (Å²) in [5.41, 5.74) is -0.0723. The van der Waals surface area contributed by atoms with Crippen molar-refractivity contribution in [1.29, 1.82) is 0 Å². The molecule has 0 radical (unpaired) electrons. The summed E-state index contributed by atoms with van der Waals surface area (Å²) in [7, 11) is 1.19. The Bertz CT molecular complexity index is 788. The van der Waals surface area contributed by atoms with Crippen LogP contribution in [0.25, 0.3) is 0 Å². The lowest BCUT2D eigenvalue weighted by Crippen LogP contribution is -2.46. The highest BCUT2D eigenvalue weighted by molar-refractivity contribution is 5.99. The minimum atomic E-state index is -0.712. The van der Waals surface area contributed by atoms with Crippen LogP contribution < -0.4 is 5.32 Å². The van der Waals surface area contributed by atoms with Gasteiger partial charge in [-0.3, -0.25) is 14.9 Å². The van der Waals surface area contributed by atoms with E-state index in [-0.39, 0.29) is 33.7 Å². The van der Waals surface area contributed by atoms with Crippen molar-refractivity contribution in [2.45, 2.75) is 46.1 Å². The number of non-ortho nitro benzene ring substituents is 1. The summed E-state index contributed by atoms with van der Waals surface area (Å²) in [4.78, 5) is 35.1. The summed E-state index contributed by atoms with van der Waals surface area (Å²) in [5, 5.41) is 14.2. The van der Waals surface area contributed by atoms with Crippen LogP contribution in [0.1, 0.15) is 60.7 Å². The van der Waals surface area contributed by atoms with Crippen molar-refractivity contribution >= 4 is 17.6 Å². The summed E-state index contributed by atoms with van der Waals surface area (Å²) in [5.74, 6) is -0.544. The third-order valence-electron chi connectivity index (χ3n) is 6.91. The van der Waals surface area contributed by atoms with Crippen molar-refractivity contribution in [2.24, 2.45) is 16.7 Å². The largest absolute Gasteiger partial charge is 0.465 e. The average Bonchev–Trinajstić information content (AvgIpc) is 2.93. The fourth-order valence-corrected chi connectivity index (χ4v) is 4.75. The number of nitro benzene ring substituents is 1. The molecule has 1 aromatic rings. The fraction of sp³-hybridized carbons (Fsp3) is 0.579. The smallest absolute Gasteiger partial charge is 0.338 e. The fourth-order valence-electron chi connectivity index (χ4n) is 4.75. The Hall–Kier alpha value is -2.44. The molecule has 3 atom stereocenters. The Morgan fingerprint density at radius 1 is 1.23 bits per heavy atom. The van der Waals surface area contributed by atoms with Gasteiger partial charge in [-0.15, -0.1) is 0 Å². The van der Waals surface area contributed by atoms with Crippen LogP contribution in [0.3, 0.4) is 0 Å². The predicted octanol–water partition coefficient (Wildman–Crippen LogP) is 3.33. The normalized spacial score (nSPS) is 28.6. The van der Waals surface area contributed by atoms with E-state index in [9.17, 15) is 19.7 Å². The van der Waals surface area contributed by atoms with Crippen molar-refractivity contribution in [3.63, 3.8) is 0 Å². The first-order valence-electron chi connectivity index (χ1n) is 8.79. The molecule has 0 aliphatic heterocycles. The van der Waals surface area contributed by atoms with Gasteiger partial charge in [0.25, 0.3) is 11.6 Å². The number of rotatable bonds is 4. The molecule has 2 aliphatic carbocycles. The number of hydrogen-bond acceptors (Lipinski definition) is 5. The number of benzene rings is 1. The second kappa shape index (κ2) is 6.07. The molecule has 0 saturated heterocycles. The lowest BCUT2D eigenvalue weighted by atomic mass is 9.69. The predicted molar refractivity (Wildman–Crippen MR) is 94.9 cm³/mol. The number of nitro groups is 1. The van der Waals surface area contributed by atoms with Crippen LogP contribution in [-0.4, -0.2) is 30.0 Å². The Balaban J connectivity index is 1.88. The first-order chi connectivity index (χ1) is 12.1. The molecule has 2 fully saturated rings. The van der Waals surface area contributed by atoms with Crippen LogP contribution in [0, 0.1) is 26.9 Å². The number of carbonyl (C=O) groups is 2. The number of methoxy groups -OCH3 is 1. The molecule has 7 nitrogen and oxygen atoms in total. The van der Waals surface area contributed by atoms with E-state index in [4.69, 9.17) is 0 Å². The van der Waals surface area contributed by atoms with Crippen molar-refractivity contribution in [2.75, 3.05) is 7.11 Å². The summed E-state index contributed by atoms with van der Waals surface area (Å²) < 4.78 is 4.63. The van der Waals surface area contributed by atoms with Crippen molar-refractivity contribution < 1.29 is 19.2 Å². The molecular weight excluding hydrogens is 336 g/mol. The number of esters is 1. The van der Waals surface area contributed by atoms with Gasteiger partial charge in [0.2, 0.25) is 0 Å². The molecule has 0 aromatic heterocycles. The number of nitrogens with zero attached hydrogens (tertiary/aromatic N) is 1.